The van der Waals surface area contributed by atoms with Gasteiger partial charge < -0.3 is 9.64 Å². The topological polar surface area (TPSA) is 29.3 Å². The van der Waals surface area contributed by atoms with Crippen LogP contribution in [0.5, 0.6) is 0 Å². The Hall–Kier alpha value is -0.220. The summed E-state index contributed by atoms with van der Waals surface area (Å²) in [4.78, 5) is 13.2. The van der Waals surface area contributed by atoms with Crippen LogP contribution < -0.4 is 0 Å². The zero-order valence-corrected chi connectivity index (χ0v) is 8.23. The van der Waals surface area contributed by atoms with Gasteiger partial charge in [0.25, 0.3) is 0 Å². The summed E-state index contributed by atoms with van der Waals surface area (Å²) in [5.74, 6) is 0.839. The zero-order chi connectivity index (χ0) is 8.81. The molecule has 70 valence electrons. The molecule has 1 heterocycles. The van der Waals surface area contributed by atoms with E-state index in [4.69, 9.17) is 4.74 Å². The Morgan fingerprint density at radius 3 is 2.92 bits per heavy atom. The molecule has 1 aliphatic heterocycles. The number of ether oxygens (including phenoxy) is 1. The van der Waals surface area contributed by atoms with Crippen LogP contribution >= 0.6 is 11.8 Å². The van der Waals surface area contributed by atoms with Gasteiger partial charge in [0.05, 0.1) is 6.42 Å². The minimum atomic E-state index is -0.0593. The molecule has 1 saturated heterocycles. The van der Waals surface area contributed by atoms with Crippen molar-refractivity contribution in [2.45, 2.75) is 6.42 Å². The highest BCUT2D eigenvalue weighted by atomic mass is 32.2. The number of carbonyl (C=O) groups is 1. The van der Waals surface area contributed by atoms with Crippen LogP contribution in [0.4, 0.5) is 0 Å². The van der Waals surface area contributed by atoms with Gasteiger partial charge in [-0.1, -0.05) is 0 Å². The van der Waals surface area contributed by atoms with Gasteiger partial charge in [-0.2, -0.15) is 11.8 Å². The van der Waals surface area contributed by atoms with Crippen molar-refractivity contribution in [2.75, 3.05) is 38.2 Å². The number of esters is 1. The summed E-state index contributed by atoms with van der Waals surface area (Å²) in [6.45, 7) is 3.73. The van der Waals surface area contributed by atoms with E-state index in [1.54, 1.807) is 11.8 Å². The maximum atomic E-state index is 11.0. The highest BCUT2D eigenvalue weighted by Crippen LogP contribution is 2.04. The number of nitrogens with zero attached hydrogens (tertiary/aromatic N) is 1. The normalized spacial score (nSPS) is 16.1. The Kier molecular flexibility index (Phi) is 4.46. The van der Waals surface area contributed by atoms with E-state index in [1.807, 2.05) is 6.26 Å². The van der Waals surface area contributed by atoms with Crippen molar-refractivity contribution in [3.63, 3.8) is 0 Å². The summed E-state index contributed by atoms with van der Waals surface area (Å²) >= 11 is 1.69. The fourth-order valence-electron chi connectivity index (χ4n) is 0.855. The molecule has 0 atom stereocenters. The Labute approximate surface area is 77.4 Å². The van der Waals surface area contributed by atoms with Crippen molar-refractivity contribution < 1.29 is 9.53 Å². The van der Waals surface area contributed by atoms with Crippen molar-refractivity contribution in [3.05, 3.63) is 0 Å². The van der Waals surface area contributed by atoms with Crippen LogP contribution in [-0.2, 0) is 9.53 Å². The van der Waals surface area contributed by atoms with Crippen LogP contribution in [0.3, 0.4) is 0 Å². The van der Waals surface area contributed by atoms with Gasteiger partial charge in [-0.3, -0.25) is 4.79 Å². The van der Waals surface area contributed by atoms with Crippen LogP contribution in [0.1, 0.15) is 6.42 Å². The lowest BCUT2D eigenvalue weighted by atomic mass is 10.4. The Balaban J connectivity index is 1.88. The standard InChI is InChI=1S/C8H15NO2S/c1-12-7-6-11-8(10)2-3-9-4-5-9/h2-7H2,1H3. The molecule has 0 bridgehead atoms. The number of carbonyl (C=O) groups excluding carboxylic acids is 1. The van der Waals surface area contributed by atoms with Crippen LogP contribution in [0.25, 0.3) is 0 Å². The first-order valence-electron chi connectivity index (χ1n) is 4.20. The first-order chi connectivity index (χ1) is 5.83. The summed E-state index contributed by atoms with van der Waals surface area (Å²) in [6.07, 6.45) is 2.55. The Bertz CT molecular complexity index is 148. The van der Waals surface area contributed by atoms with Crippen LogP contribution in [0.2, 0.25) is 0 Å². The third-order valence-corrected chi connectivity index (χ3v) is 2.30. The lowest BCUT2D eigenvalue weighted by Gasteiger charge is -2.03. The number of hydrogen-bond donors (Lipinski definition) is 0. The van der Waals surface area contributed by atoms with Gasteiger partial charge in [0.15, 0.2) is 0 Å². The molecule has 1 aliphatic rings. The van der Waals surface area contributed by atoms with Crippen molar-refractivity contribution in [3.8, 4) is 0 Å². The quantitative estimate of drug-likeness (QED) is 0.347. The van der Waals surface area contributed by atoms with E-state index in [9.17, 15) is 4.79 Å². The Morgan fingerprint density at radius 1 is 1.58 bits per heavy atom. The number of hydrogen-bond acceptors (Lipinski definition) is 4. The molecule has 0 aromatic heterocycles. The van der Waals surface area contributed by atoms with E-state index >= 15 is 0 Å². The lowest BCUT2D eigenvalue weighted by Crippen LogP contribution is -2.12. The maximum Gasteiger partial charge on any atom is 0.307 e. The third-order valence-electron chi connectivity index (χ3n) is 1.72. The lowest BCUT2D eigenvalue weighted by molar-refractivity contribution is -0.143. The minimum absolute atomic E-state index is 0.0593. The smallest absolute Gasteiger partial charge is 0.307 e. The van der Waals surface area contributed by atoms with Gasteiger partial charge in [-0.05, 0) is 6.26 Å². The van der Waals surface area contributed by atoms with Gasteiger partial charge in [0.2, 0.25) is 0 Å². The summed E-state index contributed by atoms with van der Waals surface area (Å²) in [5.41, 5.74) is 0. The molecule has 0 aromatic carbocycles. The average Bonchev–Trinajstić information content (AvgIpc) is 2.84. The van der Waals surface area contributed by atoms with Crippen LogP contribution in [0.15, 0.2) is 0 Å². The molecular weight excluding hydrogens is 174 g/mol. The number of thioether (sulfide) groups is 1. The molecule has 0 aromatic rings. The molecule has 0 N–H and O–H groups in total. The molecule has 12 heavy (non-hydrogen) atoms. The van der Waals surface area contributed by atoms with Gasteiger partial charge in [-0.25, -0.2) is 0 Å². The maximum absolute atomic E-state index is 11.0. The number of rotatable bonds is 6. The summed E-state index contributed by atoms with van der Waals surface area (Å²) < 4.78 is 4.97. The van der Waals surface area contributed by atoms with Gasteiger partial charge in [-0.15, -0.1) is 0 Å². The molecule has 0 aliphatic carbocycles. The van der Waals surface area contributed by atoms with Crippen molar-refractivity contribution in [1.82, 2.24) is 4.90 Å². The first kappa shape index (κ1) is 9.86. The highest BCUT2D eigenvalue weighted by molar-refractivity contribution is 7.98. The minimum Gasteiger partial charge on any atom is -0.465 e. The zero-order valence-electron chi connectivity index (χ0n) is 7.41. The second-order valence-corrected chi connectivity index (χ2v) is 3.79. The van der Waals surface area contributed by atoms with Crippen molar-refractivity contribution in [2.24, 2.45) is 0 Å². The second kappa shape index (κ2) is 5.43. The monoisotopic (exact) mass is 189 g/mol. The SMILES string of the molecule is CSCCOC(=O)CCN1CC1. The van der Waals surface area contributed by atoms with E-state index < -0.39 is 0 Å². The fraction of sp³-hybridized carbons (Fsp3) is 0.875. The summed E-state index contributed by atoms with van der Waals surface area (Å²) in [6, 6.07) is 0. The molecule has 3 nitrogen and oxygen atoms in total. The second-order valence-electron chi connectivity index (χ2n) is 2.80. The molecular formula is C8H15NO2S. The van der Waals surface area contributed by atoms with Gasteiger partial charge in [0, 0.05) is 25.4 Å². The fourth-order valence-corrected chi connectivity index (χ4v) is 1.10. The molecule has 0 radical (unpaired) electrons. The Morgan fingerprint density at radius 2 is 2.33 bits per heavy atom. The van der Waals surface area contributed by atoms with E-state index in [0.29, 0.717) is 13.0 Å². The molecule has 4 heteroatoms. The van der Waals surface area contributed by atoms with E-state index in [-0.39, 0.29) is 5.97 Å². The van der Waals surface area contributed by atoms with Crippen LogP contribution in [-0.4, -0.2) is 49.1 Å². The molecule has 0 spiro atoms. The molecule has 0 saturated carbocycles. The largest absolute Gasteiger partial charge is 0.465 e. The first-order valence-corrected chi connectivity index (χ1v) is 5.59. The van der Waals surface area contributed by atoms with E-state index in [2.05, 4.69) is 4.90 Å². The molecule has 1 fully saturated rings. The van der Waals surface area contributed by atoms with E-state index in [0.717, 1.165) is 25.4 Å². The van der Waals surface area contributed by atoms with Gasteiger partial charge in [0.1, 0.15) is 6.61 Å². The van der Waals surface area contributed by atoms with E-state index in [1.165, 1.54) is 0 Å². The van der Waals surface area contributed by atoms with Crippen LogP contribution in [0, 0.1) is 0 Å². The summed E-state index contributed by atoms with van der Waals surface area (Å²) in [7, 11) is 0. The predicted molar refractivity (Wildman–Crippen MR) is 50.4 cm³/mol. The average molecular weight is 189 g/mol. The molecule has 1 rings (SSSR count). The van der Waals surface area contributed by atoms with Crippen molar-refractivity contribution >= 4 is 17.7 Å². The molecule has 0 unspecified atom stereocenters. The molecule has 0 amide bonds. The predicted octanol–water partition coefficient (Wildman–Crippen LogP) is 0.598. The summed E-state index contributed by atoms with van der Waals surface area (Å²) in [5, 5.41) is 0. The van der Waals surface area contributed by atoms with Crippen molar-refractivity contribution in [1.29, 1.82) is 0 Å². The van der Waals surface area contributed by atoms with Gasteiger partial charge >= 0.3 is 5.97 Å². The highest BCUT2D eigenvalue weighted by Gasteiger charge is 2.17. The third kappa shape index (κ3) is 4.62.